The van der Waals surface area contributed by atoms with Gasteiger partial charge >= 0.3 is 7.75 Å². The van der Waals surface area contributed by atoms with Crippen LogP contribution in [0.5, 0.6) is 5.75 Å². The van der Waals surface area contributed by atoms with Gasteiger partial charge in [-0.25, -0.2) is 19.0 Å². The molecular weight excluding hydrogens is 572 g/mol. The van der Waals surface area contributed by atoms with E-state index in [4.69, 9.17) is 24.3 Å². The summed E-state index contributed by atoms with van der Waals surface area (Å²) in [5, 5.41) is 27.2. The van der Waals surface area contributed by atoms with Crippen molar-refractivity contribution in [1.82, 2.24) is 24.6 Å². The summed E-state index contributed by atoms with van der Waals surface area (Å²) >= 11 is 0. The number of rotatable bonds is 13. The van der Waals surface area contributed by atoms with E-state index in [0.29, 0.717) is 11.3 Å². The molecule has 42 heavy (non-hydrogen) atoms. The molecule has 1 aromatic carbocycles. The van der Waals surface area contributed by atoms with Gasteiger partial charge < -0.3 is 35.3 Å². The number of aliphatic hydroxyl groups excluding tert-OH is 2. The van der Waals surface area contributed by atoms with E-state index in [1.165, 1.54) is 24.7 Å². The highest BCUT2D eigenvalue weighted by Crippen LogP contribution is 2.48. The van der Waals surface area contributed by atoms with Crippen LogP contribution in [0.25, 0.3) is 11.2 Å². The molecule has 3 aromatic rings. The zero-order valence-electron chi connectivity index (χ0n) is 23.8. The van der Waals surface area contributed by atoms with Crippen molar-refractivity contribution < 1.29 is 37.7 Å². The molecule has 1 saturated heterocycles. The number of nitrogens with one attached hydrogen (secondary N) is 2. The normalized spacial score (nSPS) is 27.2. The summed E-state index contributed by atoms with van der Waals surface area (Å²) in [5.41, 5.74) is 4.85. The molecule has 0 amide bonds. The fraction of sp³-hybridized carbons (Fsp3) is 0.577. The topological polar surface area (TPSA) is 188 Å². The number of alkyl halides is 1. The van der Waals surface area contributed by atoms with E-state index < -0.39 is 50.8 Å². The zero-order valence-corrected chi connectivity index (χ0v) is 24.6. The number of halogens is 1. The second-order valence-electron chi connectivity index (χ2n) is 11.1. The minimum Gasteiger partial charge on any atom is -0.413 e. The van der Waals surface area contributed by atoms with Crippen LogP contribution in [0.15, 0.2) is 36.7 Å². The first-order chi connectivity index (χ1) is 19.9. The zero-order chi connectivity index (χ0) is 30.2. The van der Waals surface area contributed by atoms with Crippen LogP contribution in [0.4, 0.5) is 16.2 Å². The van der Waals surface area contributed by atoms with Crippen LogP contribution in [0.2, 0.25) is 0 Å². The first kappa shape index (κ1) is 30.5. The van der Waals surface area contributed by atoms with E-state index in [1.54, 1.807) is 44.2 Å². The van der Waals surface area contributed by atoms with Crippen LogP contribution >= 0.6 is 7.75 Å². The molecule has 7 atom stereocenters. The van der Waals surface area contributed by atoms with Crippen molar-refractivity contribution in [3.63, 3.8) is 0 Å². The van der Waals surface area contributed by atoms with Gasteiger partial charge in [0.05, 0.1) is 25.1 Å². The average molecular weight is 610 g/mol. The molecule has 2 aliphatic rings. The molecule has 0 spiro atoms. The van der Waals surface area contributed by atoms with Crippen LogP contribution in [0, 0.1) is 0 Å². The SMILES string of the molecule is CC(C)OC(O)[C@H](C)N[P@](=O)(OC[C@@]1(C)O[C@@H](n2cnc3c(NC4CC4)nc(N)nc32)[C@H](F)[C@@H]1O)Oc1ccccc1. The molecule has 6 N–H and O–H groups in total. The maximum atomic E-state index is 15.7. The number of anilines is 2. The summed E-state index contributed by atoms with van der Waals surface area (Å²) in [6.45, 7) is 5.90. The molecule has 1 unspecified atom stereocenters. The average Bonchev–Trinajstić information content (AvgIpc) is 3.60. The lowest BCUT2D eigenvalue weighted by molar-refractivity contribution is -0.138. The molecule has 1 aliphatic heterocycles. The Morgan fingerprint density at radius 3 is 2.64 bits per heavy atom. The number of imidazole rings is 1. The lowest BCUT2D eigenvalue weighted by Gasteiger charge is -2.31. The third-order valence-electron chi connectivity index (χ3n) is 6.91. The Morgan fingerprint density at radius 1 is 1.26 bits per heavy atom. The van der Waals surface area contributed by atoms with Gasteiger partial charge in [0.1, 0.15) is 17.5 Å². The van der Waals surface area contributed by atoms with Gasteiger partial charge in [-0.1, -0.05) is 18.2 Å². The second kappa shape index (κ2) is 12.0. The predicted octanol–water partition coefficient (Wildman–Crippen LogP) is 2.89. The van der Waals surface area contributed by atoms with Gasteiger partial charge in [0, 0.05) is 6.04 Å². The van der Waals surface area contributed by atoms with Crippen molar-refractivity contribution in [2.45, 2.75) is 89.1 Å². The number of para-hydroxylation sites is 1. The Bertz CT molecular complexity index is 1430. The Morgan fingerprint density at radius 2 is 1.98 bits per heavy atom. The fourth-order valence-corrected chi connectivity index (χ4v) is 6.14. The van der Waals surface area contributed by atoms with Crippen molar-refractivity contribution in [3.8, 4) is 5.75 Å². The monoisotopic (exact) mass is 609 g/mol. The third kappa shape index (κ3) is 6.67. The first-order valence-electron chi connectivity index (χ1n) is 13.7. The van der Waals surface area contributed by atoms with Gasteiger partial charge in [-0.05, 0) is 52.7 Å². The standard InChI is InChI=1S/C26H37FN7O7P/c1-14(2)39-24(36)15(3)33-42(37,41-17-8-6-5-7-9-17)38-12-26(4)20(35)18(27)23(40-26)34-13-29-19-21(30-16-10-11-16)31-25(28)32-22(19)34/h5-9,13-16,18,20,23-24,35-36H,10-12H2,1-4H3,(H,33,37)(H3,28,30,31,32)/t15-,18+,20-,23+,24?,26+,42-/m0/s1. The minimum atomic E-state index is -4.24. The second-order valence-corrected chi connectivity index (χ2v) is 12.7. The maximum absolute atomic E-state index is 15.7. The number of benzene rings is 1. The molecule has 1 aliphatic carbocycles. The van der Waals surface area contributed by atoms with E-state index in [1.807, 2.05) is 0 Å². The highest BCUT2D eigenvalue weighted by molar-refractivity contribution is 7.52. The molecule has 14 nitrogen and oxygen atoms in total. The Kier molecular flexibility index (Phi) is 8.72. The Balaban J connectivity index is 1.36. The number of fused-ring (bicyclic) bond motifs is 1. The number of aliphatic hydroxyl groups is 2. The molecule has 1 saturated carbocycles. The van der Waals surface area contributed by atoms with Gasteiger partial charge in [0.25, 0.3) is 0 Å². The molecule has 5 rings (SSSR count). The number of hydrogen-bond donors (Lipinski definition) is 5. The number of aromatic nitrogens is 4. The molecular formula is C26H37FN7O7P. The maximum Gasteiger partial charge on any atom is 0.459 e. The van der Waals surface area contributed by atoms with Gasteiger partial charge in [-0.2, -0.15) is 9.97 Å². The van der Waals surface area contributed by atoms with Gasteiger partial charge in [0.2, 0.25) is 5.95 Å². The van der Waals surface area contributed by atoms with Crippen molar-refractivity contribution in [2.24, 2.45) is 0 Å². The van der Waals surface area contributed by atoms with Crippen molar-refractivity contribution in [1.29, 1.82) is 0 Å². The van der Waals surface area contributed by atoms with E-state index in [2.05, 4.69) is 25.4 Å². The largest absolute Gasteiger partial charge is 0.459 e. The highest BCUT2D eigenvalue weighted by atomic mass is 31.2. The van der Waals surface area contributed by atoms with Crippen LogP contribution in [-0.2, 0) is 18.6 Å². The molecule has 0 radical (unpaired) electrons. The summed E-state index contributed by atoms with van der Waals surface area (Å²) in [4.78, 5) is 12.8. The van der Waals surface area contributed by atoms with Crippen LogP contribution in [-0.4, -0.2) is 78.7 Å². The Hall–Kier alpha value is -2.91. The first-order valence-corrected chi connectivity index (χ1v) is 15.3. The summed E-state index contributed by atoms with van der Waals surface area (Å²) in [6.07, 6.45) is -3.31. The molecule has 16 heteroatoms. The smallest absolute Gasteiger partial charge is 0.413 e. The van der Waals surface area contributed by atoms with Crippen molar-refractivity contribution >= 4 is 30.7 Å². The van der Waals surface area contributed by atoms with Crippen LogP contribution in [0.3, 0.4) is 0 Å². The number of nitrogen functional groups attached to an aromatic ring is 1. The summed E-state index contributed by atoms with van der Waals surface area (Å²) in [5.74, 6) is 0.619. The van der Waals surface area contributed by atoms with Crippen LogP contribution < -0.4 is 20.7 Å². The number of hydrogen-bond acceptors (Lipinski definition) is 12. The van der Waals surface area contributed by atoms with Crippen LogP contribution in [0.1, 0.15) is 46.8 Å². The van der Waals surface area contributed by atoms with E-state index >= 15 is 4.39 Å². The van der Waals surface area contributed by atoms with Gasteiger partial charge in [-0.15, -0.1) is 0 Å². The molecule has 2 aromatic heterocycles. The van der Waals surface area contributed by atoms with Crippen molar-refractivity contribution in [2.75, 3.05) is 17.7 Å². The quantitative estimate of drug-likeness (QED) is 0.141. The molecule has 230 valence electrons. The fourth-order valence-electron chi connectivity index (χ4n) is 4.51. The summed E-state index contributed by atoms with van der Waals surface area (Å²) in [7, 11) is -4.24. The molecule has 2 fully saturated rings. The van der Waals surface area contributed by atoms with E-state index in [-0.39, 0.29) is 29.5 Å². The predicted molar refractivity (Wildman–Crippen MR) is 151 cm³/mol. The number of nitrogens with two attached hydrogens (primary N) is 1. The number of nitrogens with zero attached hydrogens (tertiary/aromatic N) is 4. The lowest BCUT2D eigenvalue weighted by atomic mass is 9.99. The van der Waals surface area contributed by atoms with Gasteiger partial charge in [0.15, 0.2) is 35.7 Å². The van der Waals surface area contributed by atoms with E-state index in [0.717, 1.165) is 12.8 Å². The number of ether oxygens (including phenoxy) is 2. The Labute approximate surface area is 242 Å². The molecule has 0 bridgehead atoms. The lowest BCUT2D eigenvalue weighted by Crippen LogP contribution is -2.45. The summed E-state index contributed by atoms with van der Waals surface area (Å²) in [6, 6.07) is 7.62. The third-order valence-corrected chi connectivity index (χ3v) is 8.56. The van der Waals surface area contributed by atoms with Gasteiger partial charge in [-0.3, -0.25) is 9.09 Å². The highest BCUT2D eigenvalue weighted by Gasteiger charge is 2.55. The minimum absolute atomic E-state index is 0.0322. The van der Waals surface area contributed by atoms with E-state index in [9.17, 15) is 14.8 Å². The molecule has 3 heterocycles. The van der Waals surface area contributed by atoms with Crippen molar-refractivity contribution in [3.05, 3.63) is 36.7 Å². The summed E-state index contributed by atoms with van der Waals surface area (Å²) < 4.78 is 53.7.